The Morgan fingerprint density at radius 3 is 2.72 bits per heavy atom. The summed E-state index contributed by atoms with van der Waals surface area (Å²) in [5.41, 5.74) is -0.695. The molecule has 2 fully saturated rings. The number of aliphatic hydroxyl groups is 1. The van der Waals surface area contributed by atoms with Gasteiger partial charge in [-0.15, -0.1) is 0 Å². The van der Waals surface area contributed by atoms with Crippen LogP contribution in [0.2, 0.25) is 0 Å². The lowest BCUT2D eigenvalue weighted by atomic mass is 9.71. The number of fused-ring (bicyclic) bond motifs is 1. The van der Waals surface area contributed by atoms with E-state index in [-0.39, 0.29) is 47.9 Å². The molecule has 0 aromatic rings. The molecule has 2 aliphatic rings. The lowest BCUT2D eigenvalue weighted by Crippen LogP contribution is -2.48. The summed E-state index contributed by atoms with van der Waals surface area (Å²) in [6.07, 6.45) is 0.454. The van der Waals surface area contributed by atoms with Crippen LogP contribution in [-0.2, 0) is 18.6 Å². The highest BCUT2D eigenvalue weighted by Gasteiger charge is 2.51. The zero-order valence-electron chi connectivity index (χ0n) is 19.6. The molecule has 0 radical (unpaired) electrons. The van der Waals surface area contributed by atoms with Crippen molar-refractivity contribution < 1.29 is 33.4 Å². The Labute approximate surface area is 195 Å². The number of aliphatic hydroxyl groups excluding tert-OH is 1. The van der Waals surface area contributed by atoms with Gasteiger partial charge in [0.05, 0.1) is 25.3 Å². The van der Waals surface area contributed by atoms with Crippen molar-refractivity contribution >= 4 is 32.3 Å². The molecule has 5 N–H and O–H groups in total. The number of hydrogen-bond donors (Lipinski definition) is 5. The molecule has 2 heterocycles. The van der Waals surface area contributed by atoms with E-state index >= 15 is 0 Å². The number of hydrogen-bond acceptors (Lipinski definition) is 8. The van der Waals surface area contributed by atoms with Crippen LogP contribution in [-0.4, -0.2) is 84.6 Å². The molecule has 2 saturated heterocycles. The van der Waals surface area contributed by atoms with Gasteiger partial charge < -0.3 is 39.7 Å². The van der Waals surface area contributed by atoms with Crippen molar-refractivity contribution in [1.82, 2.24) is 16.0 Å². The minimum atomic E-state index is -1.96. The fraction of sp³-hybridized carbons (Fsp3) is 0.900. The largest absolute Gasteiger partial charge is 0.388 e. The minimum absolute atomic E-state index is 0.0111. The quantitative estimate of drug-likeness (QED) is 0.138. The molecule has 0 aromatic heterocycles. The summed E-state index contributed by atoms with van der Waals surface area (Å²) < 4.78 is 14.9. The predicted octanol–water partition coefficient (Wildman–Crippen LogP) is 1.36. The van der Waals surface area contributed by atoms with Gasteiger partial charge in [-0.3, -0.25) is 4.79 Å². The smallest absolute Gasteiger partial charge is 0.329 e. The monoisotopic (exact) mass is 495 g/mol. The number of ether oxygens (including phenoxy) is 1. The maximum atomic E-state index is 12.8. The van der Waals surface area contributed by atoms with Gasteiger partial charge in [-0.1, -0.05) is 27.7 Å². The summed E-state index contributed by atoms with van der Waals surface area (Å²) in [6, 6.07) is 0.150. The molecule has 10 nitrogen and oxygen atoms in total. The van der Waals surface area contributed by atoms with E-state index in [0.29, 0.717) is 26.0 Å². The lowest BCUT2D eigenvalue weighted by Gasteiger charge is -2.39. The molecule has 0 bridgehead atoms. The van der Waals surface area contributed by atoms with E-state index in [1.807, 2.05) is 25.6 Å². The van der Waals surface area contributed by atoms with Crippen molar-refractivity contribution in [1.29, 1.82) is 0 Å². The van der Waals surface area contributed by atoms with Crippen LogP contribution in [0.15, 0.2) is 0 Å². The maximum absolute atomic E-state index is 12.8. The van der Waals surface area contributed by atoms with Crippen LogP contribution in [0.3, 0.4) is 0 Å². The topological polar surface area (TPSA) is 138 Å². The van der Waals surface area contributed by atoms with E-state index in [4.69, 9.17) is 14.2 Å². The predicted molar refractivity (Wildman–Crippen MR) is 124 cm³/mol. The summed E-state index contributed by atoms with van der Waals surface area (Å²) in [6.45, 7) is 9.11. The van der Waals surface area contributed by atoms with Crippen molar-refractivity contribution in [2.24, 2.45) is 10.8 Å². The Kier molecular flexibility index (Phi) is 10.5. The van der Waals surface area contributed by atoms with Gasteiger partial charge in [0.15, 0.2) is 0 Å². The van der Waals surface area contributed by atoms with Crippen LogP contribution in [0.5, 0.6) is 0 Å². The van der Waals surface area contributed by atoms with E-state index in [1.54, 1.807) is 0 Å². The average Bonchev–Trinajstić information content (AvgIpc) is 3.26. The van der Waals surface area contributed by atoms with E-state index in [0.717, 1.165) is 5.75 Å². The van der Waals surface area contributed by atoms with Crippen molar-refractivity contribution in [2.45, 2.75) is 64.0 Å². The highest BCUT2D eigenvalue weighted by molar-refractivity contribution is 8.00. The molecule has 0 saturated carbocycles. The first-order valence-corrected chi connectivity index (χ1v) is 13.0. The average molecular weight is 496 g/mol. The highest BCUT2D eigenvalue weighted by atomic mass is 32.2. The first-order chi connectivity index (χ1) is 15.0. The van der Waals surface area contributed by atoms with Gasteiger partial charge in [0, 0.05) is 36.7 Å². The van der Waals surface area contributed by atoms with Crippen molar-refractivity contribution in [3.8, 4) is 0 Å². The van der Waals surface area contributed by atoms with Gasteiger partial charge in [0.25, 0.3) is 0 Å². The second kappa shape index (κ2) is 12.1. The molecule has 2 rings (SSSR count). The molecule has 3 amide bonds. The highest BCUT2D eigenvalue weighted by Crippen LogP contribution is 2.47. The summed E-state index contributed by atoms with van der Waals surface area (Å²) in [4.78, 5) is 33.7. The second-order valence-electron chi connectivity index (χ2n) is 9.61. The van der Waals surface area contributed by atoms with Gasteiger partial charge in [-0.2, -0.15) is 11.8 Å². The van der Waals surface area contributed by atoms with Gasteiger partial charge in [0.2, 0.25) is 5.91 Å². The molecule has 2 aliphatic heterocycles. The Balaban J connectivity index is 1.67. The number of urea groups is 1. The van der Waals surface area contributed by atoms with Crippen LogP contribution in [0.4, 0.5) is 4.79 Å². The van der Waals surface area contributed by atoms with Gasteiger partial charge >= 0.3 is 14.6 Å². The fourth-order valence-electron chi connectivity index (χ4n) is 4.41. The number of thioether (sulfide) groups is 1. The zero-order valence-corrected chi connectivity index (χ0v) is 21.3. The summed E-state index contributed by atoms with van der Waals surface area (Å²) in [5, 5.41) is 18.9. The minimum Gasteiger partial charge on any atom is -0.388 e. The maximum Gasteiger partial charge on any atom is 0.329 e. The summed E-state index contributed by atoms with van der Waals surface area (Å²) in [7, 11) is -0.638. The second-order valence-corrected chi connectivity index (χ2v) is 11.9. The SMILES string of the molecule is COP(O)OCC(O)COCCCNC(=O)C(C)(C)CC(C)(C)C1SCC2NC(=O)NC21. The number of amides is 3. The normalized spacial score (nSPS) is 25.1. The van der Waals surface area contributed by atoms with E-state index in [2.05, 4.69) is 34.3 Å². The van der Waals surface area contributed by atoms with Crippen LogP contribution in [0, 0.1) is 10.8 Å². The van der Waals surface area contributed by atoms with Crippen LogP contribution < -0.4 is 16.0 Å². The Morgan fingerprint density at radius 1 is 1.31 bits per heavy atom. The molecule has 5 atom stereocenters. The number of rotatable bonds is 14. The standard InChI is InChI=1S/C20H38N3O7PS/c1-19(2,16-15-14(11-32-16)22-18(26)23-15)12-20(3,4)17(25)21-7-6-8-29-9-13(24)10-30-31(27)28-5/h13-16,24,27H,6-12H2,1-5H3,(H,21,25)(H2,22,23,26). The third-order valence-electron chi connectivity index (χ3n) is 5.71. The van der Waals surface area contributed by atoms with Gasteiger partial charge in [-0.25, -0.2) is 4.79 Å². The van der Waals surface area contributed by atoms with E-state index < -0.39 is 20.1 Å². The third-order valence-corrected chi connectivity index (χ3v) is 8.23. The van der Waals surface area contributed by atoms with Crippen LogP contribution in [0.25, 0.3) is 0 Å². The van der Waals surface area contributed by atoms with Crippen molar-refractivity contribution in [2.75, 3.05) is 39.2 Å². The Bertz CT molecular complexity index is 640. The molecule has 32 heavy (non-hydrogen) atoms. The van der Waals surface area contributed by atoms with E-state index in [1.165, 1.54) is 7.11 Å². The number of carbonyl (C=O) groups is 2. The van der Waals surface area contributed by atoms with Gasteiger partial charge in [0.1, 0.15) is 6.10 Å². The molecule has 186 valence electrons. The molecule has 12 heteroatoms. The Hall–Kier alpha value is -0.680. The molecular weight excluding hydrogens is 457 g/mol. The first-order valence-electron chi connectivity index (χ1n) is 10.8. The lowest BCUT2D eigenvalue weighted by molar-refractivity contribution is -0.131. The summed E-state index contributed by atoms with van der Waals surface area (Å²) >= 11 is 1.86. The first kappa shape index (κ1) is 27.6. The van der Waals surface area contributed by atoms with Crippen LogP contribution in [0.1, 0.15) is 40.5 Å². The fourth-order valence-corrected chi connectivity index (χ4v) is 6.52. The zero-order chi connectivity index (χ0) is 23.9. The molecule has 5 unspecified atom stereocenters. The molecular formula is C20H38N3O7PS. The number of nitrogens with one attached hydrogen (secondary N) is 3. The van der Waals surface area contributed by atoms with Crippen molar-refractivity contribution in [3.05, 3.63) is 0 Å². The Morgan fingerprint density at radius 2 is 2.03 bits per heavy atom. The number of carbonyl (C=O) groups excluding carboxylic acids is 2. The molecule has 0 spiro atoms. The van der Waals surface area contributed by atoms with Gasteiger partial charge in [-0.05, 0) is 18.3 Å². The third kappa shape index (κ3) is 7.97. The van der Waals surface area contributed by atoms with E-state index in [9.17, 15) is 14.7 Å². The molecule has 0 aliphatic carbocycles. The summed E-state index contributed by atoms with van der Waals surface area (Å²) in [5.74, 6) is 0.877. The van der Waals surface area contributed by atoms with Crippen LogP contribution >= 0.6 is 20.4 Å². The molecule has 0 aromatic carbocycles. The van der Waals surface area contributed by atoms with Crippen molar-refractivity contribution in [3.63, 3.8) is 0 Å².